The Labute approximate surface area is 110 Å². The van der Waals surface area contributed by atoms with E-state index in [0.29, 0.717) is 6.04 Å². The van der Waals surface area contributed by atoms with E-state index in [0.717, 1.165) is 28.9 Å². The fraction of sp³-hybridized carbons (Fsp3) is 0.727. The van der Waals surface area contributed by atoms with Crippen LogP contribution >= 0.6 is 27.7 Å². The lowest BCUT2D eigenvalue weighted by Crippen LogP contribution is -2.30. The summed E-state index contributed by atoms with van der Waals surface area (Å²) in [5.41, 5.74) is 2.27. The molecule has 0 fully saturated rings. The van der Waals surface area contributed by atoms with Gasteiger partial charge in [-0.05, 0) is 35.5 Å². The Bertz CT molecular complexity index is 338. The molecule has 1 N–H and O–H groups in total. The third-order valence-electron chi connectivity index (χ3n) is 2.68. The Morgan fingerprint density at radius 1 is 1.56 bits per heavy atom. The molecule has 0 bridgehead atoms. The van der Waals surface area contributed by atoms with E-state index in [1.807, 2.05) is 30.4 Å². The van der Waals surface area contributed by atoms with Gasteiger partial charge in [0, 0.05) is 25.4 Å². The van der Waals surface area contributed by atoms with Crippen LogP contribution in [0.3, 0.4) is 0 Å². The number of hydrogen-bond donors (Lipinski definition) is 1. The van der Waals surface area contributed by atoms with Gasteiger partial charge in [-0.15, -0.1) is 0 Å². The van der Waals surface area contributed by atoms with E-state index in [1.165, 1.54) is 5.69 Å². The first-order valence-electron chi connectivity index (χ1n) is 5.50. The highest BCUT2D eigenvalue weighted by atomic mass is 79.9. The smallest absolute Gasteiger partial charge is 0.0739 e. The summed E-state index contributed by atoms with van der Waals surface area (Å²) < 4.78 is 3.07. The van der Waals surface area contributed by atoms with Crippen LogP contribution in [0.4, 0.5) is 0 Å². The van der Waals surface area contributed by atoms with E-state index >= 15 is 0 Å². The fourth-order valence-corrected chi connectivity index (χ4v) is 2.87. The molecule has 92 valence electrons. The first kappa shape index (κ1) is 14.1. The molecule has 0 aromatic carbocycles. The largest absolute Gasteiger partial charge is 0.308 e. The molecule has 5 heteroatoms. The highest BCUT2D eigenvalue weighted by Crippen LogP contribution is 2.20. The molecule has 0 saturated heterocycles. The highest BCUT2D eigenvalue weighted by Gasteiger charge is 2.12. The topological polar surface area (TPSA) is 29.9 Å². The fourth-order valence-electron chi connectivity index (χ4n) is 1.64. The number of thioether (sulfide) groups is 1. The average molecular weight is 306 g/mol. The third kappa shape index (κ3) is 3.50. The van der Waals surface area contributed by atoms with Crippen LogP contribution in [0.2, 0.25) is 0 Å². The summed E-state index contributed by atoms with van der Waals surface area (Å²) in [5.74, 6) is 1.16. The zero-order valence-electron chi connectivity index (χ0n) is 10.4. The summed E-state index contributed by atoms with van der Waals surface area (Å²) in [6, 6.07) is 0.581. The van der Waals surface area contributed by atoms with Crippen LogP contribution in [0.25, 0.3) is 0 Å². The first-order valence-corrected chi connectivity index (χ1v) is 7.69. The van der Waals surface area contributed by atoms with Gasteiger partial charge in [-0.1, -0.05) is 6.92 Å². The zero-order chi connectivity index (χ0) is 12.1. The molecule has 0 aliphatic rings. The van der Waals surface area contributed by atoms with Gasteiger partial charge in [0.15, 0.2) is 0 Å². The van der Waals surface area contributed by atoms with Gasteiger partial charge in [0.25, 0.3) is 0 Å². The molecule has 0 aliphatic carbocycles. The maximum atomic E-state index is 4.38. The summed E-state index contributed by atoms with van der Waals surface area (Å²) in [6.45, 7) is 5.11. The van der Waals surface area contributed by atoms with Gasteiger partial charge in [0.1, 0.15) is 0 Å². The Morgan fingerprint density at radius 3 is 2.69 bits per heavy atom. The molecule has 1 rings (SSSR count). The first-order chi connectivity index (χ1) is 7.60. The summed E-state index contributed by atoms with van der Waals surface area (Å²) >= 11 is 5.47. The minimum absolute atomic E-state index is 0.581. The predicted octanol–water partition coefficient (Wildman–Crippen LogP) is 2.72. The minimum atomic E-state index is 0.581. The summed E-state index contributed by atoms with van der Waals surface area (Å²) in [6.07, 6.45) is 3.31. The van der Waals surface area contributed by atoms with E-state index in [9.17, 15) is 0 Å². The number of nitrogens with one attached hydrogen (secondary N) is 1. The molecule has 0 saturated carbocycles. The lowest BCUT2D eigenvalue weighted by molar-refractivity contribution is 0.521. The number of aromatic nitrogens is 2. The Kier molecular flexibility index (Phi) is 5.86. The van der Waals surface area contributed by atoms with Crippen LogP contribution in [0.1, 0.15) is 24.7 Å². The second-order valence-electron chi connectivity index (χ2n) is 3.91. The molecule has 1 heterocycles. The van der Waals surface area contributed by atoms with E-state index in [1.54, 1.807) is 0 Å². The van der Waals surface area contributed by atoms with Gasteiger partial charge in [-0.3, -0.25) is 4.68 Å². The lowest BCUT2D eigenvalue weighted by atomic mass is 10.2. The van der Waals surface area contributed by atoms with Crippen LogP contribution in [0.5, 0.6) is 0 Å². The van der Waals surface area contributed by atoms with Crippen molar-refractivity contribution in [1.82, 2.24) is 15.1 Å². The number of halogens is 1. The summed E-state index contributed by atoms with van der Waals surface area (Å²) in [7, 11) is 1.99. The van der Waals surface area contributed by atoms with Crippen molar-refractivity contribution in [2.24, 2.45) is 7.05 Å². The molecule has 1 unspecified atom stereocenters. The maximum absolute atomic E-state index is 4.38. The van der Waals surface area contributed by atoms with Crippen LogP contribution in [0, 0.1) is 6.92 Å². The molecule has 1 atom stereocenters. The van der Waals surface area contributed by atoms with E-state index in [2.05, 4.69) is 39.5 Å². The van der Waals surface area contributed by atoms with Gasteiger partial charge in [-0.2, -0.15) is 16.9 Å². The van der Waals surface area contributed by atoms with E-state index in [-0.39, 0.29) is 0 Å². The Morgan fingerprint density at radius 2 is 2.25 bits per heavy atom. The quantitative estimate of drug-likeness (QED) is 0.876. The zero-order valence-corrected chi connectivity index (χ0v) is 12.8. The standard InChI is InChI=1S/C11H20BrN3S/c1-5-9(7-16-4)13-6-10-11(12)8(2)14-15(10)3/h9,13H,5-7H2,1-4H3. The van der Waals surface area contributed by atoms with Crippen molar-refractivity contribution in [3.63, 3.8) is 0 Å². The summed E-state index contributed by atoms with van der Waals surface area (Å²) in [5, 5.41) is 7.95. The highest BCUT2D eigenvalue weighted by molar-refractivity contribution is 9.10. The number of nitrogens with zero attached hydrogens (tertiary/aromatic N) is 2. The third-order valence-corrected chi connectivity index (χ3v) is 4.45. The second-order valence-corrected chi connectivity index (χ2v) is 5.61. The number of hydrogen-bond acceptors (Lipinski definition) is 3. The van der Waals surface area contributed by atoms with Crippen molar-refractivity contribution in [2.45, 2.75) is 32.9 Å². The molecule has 0 amide bonds. The second kappa shape index (κ2) is 6.67. The van der Waals surface area contributed by atoms with Gasteiger partial charge in [-0.25, -0.2) is 0 Å². The van der Waals surface area contributed by atoms with Crippen molar-refractivity contribution in [3.05, 3.63) is 15.9 Å². The van der Waals surface area contributed by atoms with E-state index in [4.69, 9.17) is 0 Å². The van der Waals surface area contributed by atoms with Crippen LogP contribution < -0.4 is 5.32 Å². The van der Waals surface area contributed by atoms with E-state index < -0.39 is 0 Å². The molecular formula is C11H20BrN3S. The number of aryl methyl sites for hydroxylation is 2. The number of rotatable bonds is 6. The molecule has 3 nitrogen and oxygen atoms in total. The molecule has 16 heavy (non-hydrogen) atoms. The SMILES string of the molecule is CCC(CSC)NCc1c(Br)c(C)nn1C. The molecule has 1 aromatic heterocycles. The van der Waals surface area contributed by atoms with Gasteiger partial charge in [0.2, 0.25) is 0 Å². The molecule has 0 radical (unpaired) electrons. The van der Waals surface area contributed by atoms with Crippen molar-refractivity contribution >= 4 is 27.7 Å². The van der Waals surface area contributed by atoms with Gasteiger partial charge >= 0.3 is 0 Å². The molecule has 0 aliphatic heterocycles. The van der Waals surface area contributed by atoms with Crippen LogP contribution in [-0.4, -0.2) is 27.8 Å². The van der Waals surface area contributed by atoms with Gasteiger partial charge < -0.3 is 5.32 Å². The molecule has 1 aromatic rings. The van der Waals surface area contributed by atoms with Crippen LogP contribution in [-0.2, 0) is 13.6 Å². The Balaban J connectivity index is 2.59. The average Bonchev–Trinajstić information content (AvgIpc) is 2.49. The summed E-state index contributed by atoms with van der Waals surface area (Å²) in [4.78, 5) is 0. The van der Waals surface area contributed by atoms with Crippen LogP contribution in [0.15, 0.2) is 4.47 Å². The maximum Gasteiger partial charge on any atom is 0.0739 e. The normalized spacial score (nSPS) is 13.1. The van der Waals surface area contributed by atoms with Crippen molar-refractivity contribution in [1.29, 1.82) is 0 Å². The molecular weight excluding hydrogens is 286 g/mol. The van der Waals surface area contributed by atoms with Crippen molar-refractivity contribution in [3.8, 4) is 0 Å². The lowest BCUT2D eigenvalue weighted by Gasteiger charge is -2.15. The monoisotopic (exact) mass is 305 g/mol. The minimum Gasteiger partial charge on any atom is -0.308 e. The van der Waals surface area contributed by atoms with Crippen molar-refractivity contribution < 1.29 is 0 Å². The van der Waals surface area contributed by atoms with Gasteiger partial charge in [0.05, 0.1) is 15.9 Å². The van der Waals surface area contributed by atoms with Crippen molar-refractivity contribution in [2.75, 3.05) is 12.0 Å². The Hall–Kier alpha value is 0. The predicted molar refractivity (Wildman–Crippen MR) is 74.9 cm³/mol. The molecule has 0 spiro atoms.